The number of amides is 2. The number of ether oxygens (including phenoxy) is 2. The Bertz CT molecular complexity index is 349. The molecular weight excluding hydrogens is 264 g/mol. The fraction of sp³-hybridized carbons (Fsp3) is 0.846. The molecule has 0 radical (unpaired) electrons. The molecule has 0 aromatic rings. The van der Waals surface area contributed by atoms with Gasteiger partial charge in [0.15, 0.2) is 0 Å². The average Bonchev–Trinajstić information content (AvgIpc) is 2.96. The fourth-order valence-electron chi connectivity index (χ4n) is 2.35. The van der Waals surface area contributed by atoms with Crippen LogP contribution < -0.4 is 10.6 Å². The Kier molecular flexibility index (Phi) is 5.33. The van der Waals surface area contributed by atoms with Gasteiger partial charge in [0.1, 0.15) is 0 Å². The first kappa shape index (κ1) is 15.2. The van der Waals surface area contributed by atoms with Gasteiger partial charge in [-0.3, -0.25) is 9.59 Å². The van der Waals surface area contributed by atoms with Crippen molar-refractivity contribution in [3.63, 3.8) is 0 Å². The van der Waals surface area contributed by atoms with Crippen LogP contribution in [0, 0.1) is 0 Å². The summed E-state index contributed by atoms with van der Waals surface area (Å²) in [7, 11) is 0. The molecule has 7 heteroatoms. The van der Waals surface area contributed by atoms with Gasteiger partial charge in [0.05, 0.1) is 11.7 Å². The summed E-state index contributed by atoms with van der Waals surface area (Å²) in [5, 5.41) is 15.2. The first-order chi connectivity index (χ1) is 9.59. The highest BCUT2D eigenvalue weighted by Gasteiger charge is 2.31. The van der Waals surface area contributed by atoms with Gasteiger partial charge in [-0.05, 0) is 12.8 Å². The number of aliphatic hydroxyl groups is 1. The minimum atomic E-state index is -0.969. The quantitative estimate of drug-likeness (QED) is 0.572. The van der Waals surface area contributed by atoms with Crippen LogP contribution in [-0.4, -0.2) is 61.5 Å². The Balaban J connectivity index is 1.66. The van der Waals surface area contributed by atoms with Crippen molar-refractivity contribution in [2.24, 2.45) is 0 Å². The zero-order valence-electron chi connectivity index (χ0n) is 11.5. The molecule has 0 saturated carbocycles. The van der Waals surface area contributed by atoms with E-state index in [0.29, 0.717) is 39.2 Å². The Hall–Kier alpha value is -1.18. The molecule has 2 amide bonds. The van der Waals surface area contributed by atoms with Crippen molar-refractivity contribution in [3.05, 3.63) is 0 Å². The third kappa shape index (κ3) is 4.43. The first-order valence-corrected chi connectivity index (χ1v) is 7.07. The minimum absolute atomic E-state index is 0.00595. The van der Waals surface area contributed by atoms with E-state index in [0.717, 1.165) is 12.8 Å². The largest absolute Gasteiger partial charge is 0.388 e. The Morgan fingerprint density at radius 2 is 1.85 bits per heavy atom. The average molecular weight is 286 g/mol. The minimum Gasteiger partial charge on any atom is -0.388 e. The van der Waals surface area contributed by atoms with Crippen molar-refractivity contribution in [1.29, 1.82) is 0 Å². The van der Waals surface area contributed by atoms with E-state index in [9.17, 15) is 14.7 Å². The first-order valence-electron chi connectivity index (χ1n) is 7.07. The highest BCUT2D eigenvalue weighted by molar-refractivity contribution is 6.35. The molecule has 0 aromatic heterocycles. The lowest BCUT2D eigenvalue weighted by Gasteiger charge is -2.31. The zero-order chi connectivity index (χ0) is 14.4. The molecule has 2 heterocycles. The van der Waals surface area contributed by atoms with Crippen LogP contribution in [0.4, 0.5) is 0 Å². The van der Waals surface area contributed by atoms with Crippen LogP contribution in [0.1, 0.15) is 25.7 Å². The van der Waals surface area contributed by atoms with E-state index in [1.54, 1.807) is 0 Å². The molecule has 2 fully saturated rings. The number of hydrogen-bond acceptors (Lipinski definition) is 5. The van der Waals surface area contributed by atoms with Crippen LogP contribution >= 0.6 is 0 Å². The second kappa shape index (κ2) is 7.01. The van der Waals surface area contributed by atoms with E-state index in [1.807, 2.05) is 0 Å². The highest BCUT2D eigenvalue weighted by atomic mass is 16.5. The molecule has 3 N–H and O–H groups in total. The number of hydrogen-bond donors (Lipinski definition) is 3. The van der Waals surface area contributed by atoms with Crippen molar-refractivity contribution in [2.75, 3.05) is 32.9 Å². The van der Waals surface area contributed by atoms with Crippen molar-refractivity contribution < 1.29 is 24.2 Å². The van der Waals surface area contributed by atoms with Crippen LogP contribution in [0.2, 0.25) is 0 Å². The summed E-state index contributed by atoms with van der Waals surface area (Å²) >= 11 is 0. The van der Waals surface area contributed by atoms with Gasteiger partial charge in [-0.2, -0.15) is 0 Å². The molecule has 0 aromatic carbocycles. The van der Waals surface area contributed by atoms with Crippen LogP contribution in [0.3, 0.4) is 0 Å². The lowest BCUT2D eigenvalue weighted by molar-refractivity contribution is -0.140. The van der Waals surface area contributed by atoms with Crippen molar-refractivity contribution in [3.8, 4) is 0 Å². The summed E-state index contributed by atoms with van der Waals surface area (Å²) < 4.78 is 10.5. The molecule has 114 valence electrons. The van der Waals surface area contributed by atoms with E-state index in [1.165, 1.54) is 0 Å². The molecule has 20 heavy (non-hydrogen) atoms. The van der Waals surface area contributed by atoms with Crippen molar-refractivity contribution in [2.45, 2.75) is 37.4 Å². The van der Waals surface area contributed by atoms with Crippen molar-refractivity contribution >= 4 is 11.8 Å². The predicted molar refractivity (Wildman–Crippen MR) is 70.0 cm³/mol. The maximum Gasteiger partial charge on any atom is 0.309 e. The summed E-state index contributed by atoms with van der Waals surface area (Å²) in [6.45, 7) is 2.07. The molecular formula is C13H22N2O5. The van der Waals surface area contributed by atoms with E-state index in [-0.39, 0.29) is 12.6 Å². The predicted octanol–water partition coefficient (Wildman–Crippen LogP) is -1.06. The van der Waals surface area contributed by atoms with Gasteiger partial charge in [-0.25, -0.2) is 0 Å². The SMILES string of the molecule is O=C(NC[C@@H]1CCCO1)C(=O)NCC1(O)CCOCC1. The molecule has 2 aliphatic heterocycles. The molecule has 1 atom stereocenters. The summed E-state index contributed by atoms with van der Waals surface area (Å²) in [5.74, 6) is -1.40. The van der Waals surface area contributed by atoms with Crippen LogP contribution in [-0.2, 0) is 19.1 Å². The van der Waals surface area contributed by atoms with Crippen molar-refractivity contribution in [1.82, 2.24) is 10.6 Å². The molecule has 0 aliphatic carbocycles. The number of carbonyl (C=O) groups excluding carboxylic acids is 2. The smallest absolute Gasteiger partial charge is 0.309 e. The topological polar surface area (TPSA) is 96.9 Å². The Labute approximate surface area is 118 Å². The number of nitrogens with one attached hydrogen (secondary N) is 2. The molecule has 7 nitrogen and oxygen atoms in total. The molecule has 0 unspecified atom stereocenters. The van der Waals surface area contributed by atoms with Crippen LogP contribution in [0.5, 0.6) is 0 Å². The maximum absolute atomic E-state index is 11.6. The maximum atomic E-state index is 11.6. The van der Waals surface area contributed by atoms with E-state index in [2.05, 4.69) is 10.6 Å². The molecule has 2 aliphatic rings. The summed E-state index contributed by atoms with van der Waals surface area (Å²) in [6, 6.07) is 0. The molecule has 2 saturated heterocycles. The van der Waals surface area contributed by atoms with Crippen LogP contribution in [0.15, 0.2) is 0 Å². The molecule has 0 spiro atoms. The number of rotatable bonds is 4. The summed E-state index contributed by atoms with van der Waals surface area (Å²) in [4.78, 5) is 23.2. The number of carbonyl (C=O) groups is 2. The van der Waals surface area contributed by atoms with E-state index < -0.39 is 17.4 Å². The van der Waals surface area contributed by atoms with Gasteiger partial charge in [0, 0.05) is 45.8 Å². The summed E-state index contributed by atoms with van der Waals surface area (Å²) in [5.41, 5.74) is -0.969. The molecule has 0 bridgehead atoms. The van der Waals surface area contributed by atoms with Gasteiger partial charge in [0.25, 0.3) is 0 Å². The Morgan fingerprint density at radius 1 is 1.15 bits per heavy atom. The standard InChI is InChI=1S/C13H22N2O5/c16-11(14-8-10-2-1-5-20-10)12(17)15-9-13(18)3-6-19-7-4-13/h10,18H,1-9H2,(H,14,16)(H,15,17)/t10-/m0/s1. The van der Waals surface area contributed by atoms with Gasteiger partial charge in [-0.15, -0.1) is 0 Å². The monoisotopic (exact) mass is 286 g/mol. The second-order valence-corrected chi connectivity index (χ2v) is 5.36. The lowest BCUT2D eigenvalue weighted by atomic mass is 9.94. The second-order valence-electron chi connectivity index (χ2n) is 5.36. The third-order valence-corrected chi connectivity index (χ3v) is 3.72. The highest BCUT2D eigenvalue weighted by Crippen LogP contribution is 2.19. The summed E-state index contributed by atoms with van der Waals surface area (Å²) in [6.07, 6.45) is 2.82. The normalized spacial score (nSPS) is 25.1. The van der Waals surface area contributed by atoms with Gasteiger partial charge < -0.3 is 25.2 Å². The van der Waals surface area contributed by atoms with E-state index >= 15 is 0 Å². The van der Waals surface area contributed by atoms with Gasteiger partial charge in [-0.1, -0.05) is 0 Å². The third-order valence-electron chi connectivity index (χ3n) is 3.72. The molecule has 2 rings (SSSR count). The fourth-order valence-corrected chi connectivity index (χ4v) is 2.35. The van der Waals surface area contributed by atoms with E-state index in [4.69, 9.17) is 9.47 Å². The zero-order valence-corrected chi connectivity index (χ0v) is 11.5. The van der Waals surface area contributed by atoms with Gasteiger partial charge in [0.2, 0.25) is 0 Å². The Morgan fingerprint density at radius 3 is 2.50 bits per heavy atom. The van der Waals surface area contributed by atoms with Crippen LogP contribution in [0.25, 0.3) is 0 Å². The van der Waals surface area contributed by atoms with Gasteiger partial charge >= 0.3 is 11.8 Å². The lowest BCUT2D eigenvalue weighted by Crippen LogP contribution is -2.50.